The number of hydrogen-bond acceptors (Lipinski definition) is 6. The largest absolute Gasteiger partial charge is 0.490 e. The van der Waals surface area contributed by atoms with E-state index < -0.39 is 23.9 Å². The fourth-order valence-electron chi connectivity index (χ4n) is 4.61. The quantitative estimate of drug-likeness (QED) is 0.203. The molecule has 5 rings (SSSR count). The summed E-state index contributed by atoms with van der Waals surface area (Å²) in [6.07, 6.45) is -8.57. The number of anilines is 2. The molecule has 3 heterocycles. The van der Waals surface area contributed by atoms with Crippen molar-refractivity contribution < 1.29 is 35.9 Å². The number of para-hydroxylation sites is 1. The Labute approximate surface area is 230 Å². The standard InChI is InChI=1S/C28H23F6N5O2/c29-27(30,31)21-7-4-12-35-25(21)18-8-9-20-22(17-18)36-23(10-11-24(40)38-13-15-41-16-14-38)37-26(20)39(28(32,33)34)19-5-2-1-3-6-19/h1-9,12,17H,10-11,13-16H2. The highest BCUT2D eigenvalue weighted by molar-refractivity contribution is 5.94. The Kier molecular flexibility index (Phi) is 7.80. The topological polar surface area (TPSA) is 71.5 Å². The van der Waals surface area contributed by atoms with Crippen molar-refractivity contribution in [3.63, 3.8) is 0 Å². The maximum atomic E-state index is 14.5. The van der Waals surface area contributed by atoms with Crippen molar-refractivity contribution >= 4 is 28.3 Å². The van der Waals surface area contributed by atoms with Gasteiger partial charge in [0.05, 0.1) is 35.7 Å². The molecule has 1 aliphatic rings. The highest BCUT2D eigenvalue weighted by Gasteiger charge is 2.41. The number of aryl methyl sites for hydroxylation is 1. The number of ether oxygens (including phenoxy) is 1. The third-order valence-corrected chi connectivity index (χ3v) is 6.52. The summed E-state index contributed by atoms with van der Waals surface area (Å²) in [7, 11) is 0. The maximum absolute atomic E-state index is 14.5. The predicted octanol–water partition coefficient (Wildman–Crippen LogP) is 6.16. The summed E-state index contributed by atoms with van der Waals surface area (Å²) in [5, 5.41) is -0.0392. The van der Waals surface area contributed by atoms with Crippen LogP contribution in [0.3, 0.4) is 0 Å². The first-order chi connectivity index (χ1) is 19.5. The van der Waals surface area contributed by atoms with E-state index in [1.165, 1.54) is 48.7 Å². The lowest BCUT2D eigenvalue weighted by Gasteiger charge is -2.28. The number of fused-ring (bicyclic) bond motifs is 1. The summed E-state index contributed by atoms with van der Waals surface area (Å²) < 4.78 is 89.8. The second-order valence-corrected chi connectivity index (χ2v) is 9.22. The van der Waals surface area contributed by atoms with Gasteiger partial charge in [-0.15, -0.1) is 13.2 Å². The van der Waals surface area contributed by atoms with Crippen LogP contribution < -0.4 is 4.90 Å². The molecular weight excluding hydrogens is 552 g/mol. The van der Waals surface area contributed by atoms with Gasteiger partial charge in [0.1, 0.15) is 5.82 Å². The first-order valence-corrected chi connectivity index (χ1v) is 12.6. The summed E-state index contributed by atoms with van der Waals surface area (Å²) >= 11 is 0. The van der Waals surface area contributed by atoms with E-state index >= 15 is 0 Å². The number of aromatic nitrogens is 3. The third kappa shape index (κ3) is 6.24. The van der Waals surface area contributed by atoms with E-state index in [0.717, 1.165) is 12.1 Å². The molecule has 0 spiro atoms. The Morgan fingerprint density at radius 1 is 0.927 bits per heavy atom. The van der Waals surface area contributed by atoms with Gasteiger partial charge >= 0.3 is 12.5 Å². The monoisotopic (exact) mass is 575 g/mol. The molecule has 7 nitrogen and oxygen atoms in total. The Morgan fingerprint density at radius 3 is 2.34 bits per heavy atom. The SMILES string of the molecule is O=C(CCc1nc(N(c2ccccc2)C(F)(F)F)c2ccc(-c3ncccc3C(F)(F)F)cc2n1)N1CCOCC1. The molecular formula is C28H23F6N5O2. The van der Waals surface area contributed by atoms with Crippen molar-refractivity contribution in [3.8, 4) is 11.3 Å². The zero-order valence-electron chi connectivity index (χ0n) is 21.4. The number of carbonyl (C=O) groups is 1. The molecule has 2 aromatic heterocycles. The summed E-state index contributed by atoms with van der Waals surface area (Å²) in [6.45, 7) is 1.56. The average Bonchev–Trinajstić information content (AvgIpc) is 2.95. The molecule has 13 heteroatoms. The Bertz CT molecular complexity index is 1540. The highest BCUT2D eigenvalue weighted by atomic mass is 19.4. The number of benzene rings is 2. The third-order valence-electron chi connectivity index (χ3n) is 6.52. The molecule has 1 saturated heterocycles. The number of amides is 1. The van der Waals surface area contributed by atoms with Crippen molar-refractivity contribution in [1.29, 1.82) is 0 Å². The van der Waals surface area contributed by atoms with Crippen LogP contribution in [0.25, 0.3) is 22.2 Å². The first-order valence-electron chi connectivity index (χ1n) is 12.6. The Morgan fingerprint density at radius 2 is 1.66 bits per heavy atom. The fourth-order valence-corrected chi connectivity index (χ4v) is 4.61. The molecule has 0 saturated carbocycles. The van der Waals surface area contributed by atoms with Crippen LogP contribution in [0, 0.1) is 0 Å². The van der Waals surface area contributed by atoms with E-state index in [2.05, 4.69) is 15.0 Å². The number of hydrogen-bond donors (Lipinski definition) is 0. The molecule has 214 valence electrons. The fraction of sp³-hybridized carbons (Fsp3) is 0.286. The summed E-state index contributed by atoms with van der Waals surface area (Å²) in [5.74, 6) is -0.800. The van der Waals surface area contributed by atoms with E-state index in [1.54, 1.807) is 11.0 Å². The number of alkyl halides is 6. The van der Waals surface area contributed by atoms with Gasteiger partial charge in [-0.3, -0.25) is 9.78 Å². The minimum atomic E-state index is -4.91. The van der Waals surface area contributed by atoms with Crippen LogP contribution in [0.2, 0.25) is 0 Å². The lowest BCUT2D eigenvalue weighted by Crippen LogP contribution is -2.40. The van der Waals surface area contributed by atoms with Gasteiger partial charge in [-0.25, -0.2) is 14.9 Å². The molecule has 2 aromatic carbocycles. The van der Waals surface area contributed by atoms with Crippen LogP contribution >= 0.6 is 0 Å². The molecule has 0 atom stereocenters. The zero-order chi connectivity index (χ0) is 29.2. The average molecular weight is 576 g/mol. The molecule has 4 aromatic rings. The van der Waals surface area contributed by atoms with E-state index in [4.69, 9.17) is 4.74 Å². The van der Waals surface area contributed by atoms with Crippen molar-refractivity contribution in [1.82, 2.24) is 19.9 Å². The molecule has 0 bridgehead atoms. The van der Waals surface area contributed by atoms with Gasteiger partial charge in [-0.2, -0.15) is 13.2 Å². The molecule has 1 amide bonds. The summed E-state index contributed by atoms with van der Waals surface area (Å²) in [5.41, 5.74) is -1.61. The number of morpholine rings is 1. The van der Waals surface area contributed by atoms with Crippen LogP contribution in [-0.4, -0.2) is 58.4 Å². The van der Waals surface area contributed by atoms with E-state index in [1.807, 2.05) is 0 Å². The van der Waals surface area contributed by atoms with E-state index in [-0.39, 0.29) is 57.3 Å². The van der Waals surface area contributed by atoms with Crippen LogP contribution in [0.15, 0.2) is 66.9 Å². The van der Waals surface area contributed by atoms with Crippen LogP contribution in [0.1, 0.15) is 17.8 Å². The normalized spacial score (nSPS) is 14.3. The van der Waals surface area contributed by atoms with Crippen LogP contribution in [-0.2, 0) is 22.1 Å². The minimum Gasteiger partial charge on any atom is -0.378 e. The van der Waals surface area contributed by atoms with Gasteiger partial charge in [0.15, 0.2) is 5.82 Å². The molecule has 41 heavy (non-hydrogen) atoms. The highest BCUT2D eigenvalue weighted by Crippen LogP contribution is 2.41. The molecule has 0 radical (unpaired) electrons. The minimum absolute atomic E-state index is 0.0173. The van der Waals surface area contributed by atoms with E-state index in [0.29, 0.717) is 26.3 Å². The second-order valence-electron chi connectivity index (χ2n) is 9.22. The summed E-state index contributed by atoms with van der Waals surface area (Å²) in [4.78, 5) is 26.9. The zero-order valence-corrected chi connectivity index (χ0v) is 21.4. The summed E-state index contributed by atoms with van der Waals surface area (Å²) in [6, 6.07) is 12.8. The molecule has 1 fully saturated rings. The Hall–Kier alpha value is -4.26. The number of carbonyl (C=O) groups excluding carboxylic acids is 1. The molecule has 1 aliphatic heterocycles. The smallest absolute Gasteiger partial charge is 0.378 e. The molecule has 0 aliphatic carbocycles. The maximum Gasteiger partial charge on any atom is 0.490 e. The lowest BCUT2D eigenvalue weighted by atomic mass is 10.0. The number of rotatable bonds is 6. The predicted molar refractivity (Wildman–Crippen MR) is 138 cm³/mol. The van der Waals surface area contributed by atoms with Crippen LogP contribution in [0.5, 0.6) is 0 Å². The lowest BCUT2D eigenvalue weighted by molar-refractivity contribution is -0.137. The van der Waals surface area contributed by atoms with Crippen molar-refractivity contribution in [3.05, 3.63) is 78.2 Å². The van der Waals surface area contributed by atoms with Crippen molar-refractivity contribution in [2.45, 2.75) is 25.3 Å². The van der Waals surface area contributed by atoms with Gasteiger partial charge in [-0.1, -0.05) is 24.3 Å². The Balaban J connectivity index is 1.63. The van der Waals surface area contributed by atoms with Crippen LogP contribution in [0.4, 0.5) is 37.8 Å². The van der Waals surface area contributed by atoms with Gasteiger partial charge in [-0.05, 0) is 36.4 Å². The molecule has 0 unspecified atom stereocenters. The number of halogens is 6. The van der Waals surface area contributed by atoms with Gasteiger partial charge in [0.2, 0.25) is 5.91 Å². The van der Waals surface area contributed by atoms with Gasteiger partial charge in [0, 0.05) is 43.1 Å². The second kappa shape index (κ2) is 11.3. The first kappa shape index (κ1) is 28.3. The van der Waals surface area contributed by atoms with E-state index in [9.17, 15) is 31.1 Å². The molecule has 0 N–H and O–H groups in total. The van der Waals surface area contributed by atoms with Crippen molar-refractivity contribution in [2.24, 2.45) is 0 Å². The number of nitrogens with zero attached hydrogens (tertiary/aromatic N) is 5. The number of pyridine rings is 1. The van der Waals surface area contributed by atoms with Gasteiger partial charge in [0.25, 0.3) is 0 Å². The van der Waals surface area contributed by atoms with Gasteiger partial charge < -0.3 is 9.64 Å². The van der Waals surface area contributed by atoms with Crippen molar-refractivity contribution in [2.75, 3.05) is 31.2 Å².